The average Bonchev–Trinajstić information content (AvgIpc) is 2.74. The number of nitrogens with one attached hydrogen (secondary N) is 1. The summed E-state index contributed by atoms with van der Waals surface area (Å²) in [5.41, 5.74) is 7.55. The van der Waals surface area contributed by atoms with Crippen molar-refractivity contribution in [3.63, 3.8) is 0 Å². The van der Waals surface area contributed by atoms with Crippen molar-refractivity contribution in [2.75, 3.05) is 17.7 Å². The Bertz CT molecular complexity index is 624. The first-order chi connectivity index (χ1) is 9.56. The summed E-state index contributed by atoms with van der Waals surface area (Å²) in [5.74, 6) is 0.814. The molecule has 0 bridgehead atoms. The summed E-state index contributed by atoms with van der Waals surface area (Å²) in [6.45, 7) is 4.00. The Balaban J connectivity index is 2.28. The molecule has 0 aromatic carbocycles. The van der Waals surface area contributed by atoms with Gasteiger partial charge in [-0.2, -0.15) is 11.8 Å². The third-order valence-corrected chi connectivity index (χ3v) is 4.98. The van der Waals surface area contributed by atoms with Crippen LogP contribution in [0.2, 0.25) is 0 Å². The normalized spacial score (nSPS) is 12.6. The van der Waals surface area contributed by atoms with E-state index in [-0.39, 0.29) is 11.9 Å². The molecule has 1 atom stereocenters. The lowest BCUT2D eigenvalue weighted by molar-refractivity contribution is 0.0945. The van der Waals surface area contributed by atoms with Gasteiger partial charge in [-0.05, 0) is 31.7 Å². The molecular weight excluding hydrogens is 290 g/mol. The van der Waals surface area contributed by atoms with Crippen LogP contribution in [0.1, 0.15) is 28.7 Å². The van der Waals surface area contributed by atoms with Crippen molar-refractivity contribution < 1.29 is 4.79 Å². The number of pyridine rings is 1. The predicted molar refractivity (Wildman–Crippen MR) is 88.7 cm³/mol. The van der Waals surface area contributed by atoms with E-state index in [2.05, 4.69) is 17.2 Å². The number of aromatic nitrogens is 1. The minimum absolute atomic E-state index is 0.0935. The number of hydrogen-bond acceptors (Lipinski definition) is 5. The highest BCUT2D eigenvalue weighted by molar-refractivity contribution is 7.98. The van der Waals surface area contributed by atoms with Crippen LogP contribution in [0.4, 0.5) is 5.69 Å². The van der Waals surface area contributed by atoms with E-state index in [0.717, 1.165) is 28.1 Å². The molecule has 0 aliphatic heterocycles. The monoisotopic (exact) mass is 309 g/mol. The maximum atomic E-state index is 12.3. The maximum absolute atomic E-state index is 12.3. The summed E-state index contributed by atoms with van der Waals surface area (Å²) in [7, 11) is 0. The van der Waals surface area contributed by atoms with E-state index in [1.165, 1.54) is 11.3 Å². The molecule has 3 N–H and O–H groups in total. The molecule has 4 nitrogen and oxygen atoms in total. The molecule has 108 valence electrons. The van der Waals surface area contributed by atoms with Crippen LogP contribution in [0.15, 0.2) is 12.1 Å². The molecule has 2 rings (SSSR count). The van der Waals surface area contributed by atoms with E-state index in [4.69, 9.17) is 5.73 Å². The van der Waals surface area contributed by atoms with E-state index in [1.807, 2.05) is 25.3 Å². The summed E-state index contributed by atoms with van der Waals surface area (Å²) < 4.78 is 0. The second kappa shape index (κ2) is 6.45. The Morgan fingerprint density at radius 1 is 1.55 bits per heavy atom. The third-order valence-electron chi connectivity index (χ3n) is 3.14. The molecule has 0 aliphatic carbocycles. The molecule has 2 heterocycles. The fourth-order valence-corrected chi connectivity index (χ4v) is 3.74. The van der Waals surface area contributed by atoms with Gasteiger partial charge in [-0.1, -0.05) is 6.92 Å². The summed E-state index contributed by atoms with van der Waals surface area (Å²) in [6.07, 6.45) is 2.95. The molecule has 0 radical (unpaired) electrons. The largest absolute Gasteiger partial charge is 0.397 e. The number of aryl methyl sites for hydroxylation is 1. The molecule has 20 heavy (non-hydrogen) atoms. The Morgan fingerprint density at radius 3 is 2.95 bits per heavy atom. The SMILES string of the molecule is CCC(CSC)NC(=O)c1sc2nc(C)ccc2c1N. The molecule has 2 aromatic heterocycles. The van der Waals surface area contributed by atoms with Crippen LogP contribution in [0.5, 0.6) is 0 Å². The van der Waals surface area contributed by atoms with Gasteiger partial charge >= 0.3 is 0 Å². The molecular formula is C14H19N3OS2. The predicted octanol–water partition coefficient (Wildman–Crippen LogP) is 3.06. The summed E-state index contributed by atoms with van der Waals surface area (Å²) in [4.78, 5) is 18.2. The number of amides is 1. The van der Waals surface area contributed by atoms with Crippen molar-refractivity contribution in [3.8, 4) is 0 Å². The number of carbonyl (C=O) groups is 1. The summed E-state index contributed by atoms with van der Waals surface area (Å²) in [5, 5.41) is 3.91. The highest BCUT2D eigenvalue weighted by Crippen LogP contribution is 2.32. The molecule has 0 fully saturated rings. The van der Waals surface area contributed by atoms with Crippen LogP contribution in [-0.2, 0) is 0 Å². The number of nitrogens with zero attached hydrogens (tertiary/aromatic N) is 1. The number of nitrogen functional groups attached to an aromatic ring is 1. The number of carbonyl (C=O) groups excluding carboxylic acids is 1. The first kappa shape index (κ1) is 15.1. The van der Waals surface area contributed by atoms with Gasteiger partial charge in [0.2, 0.25) is 0 Å². The van der Waals surface area contributed by atoms with E-state index >= 15 is 0 Å². The van der Waals surface area contributed by atoms with Crippen LogP contribution in [0, 0.1) is 6.92 Å². The van der Waals surface area contributed by atoms with Gasteiger partial charge in [-0.25, -0.2) is 4.98 Å². The summed E-state index contributed by atoms with van der Waals surface area (Å²) in [6, 6.07) is 4.02. The second-order valence-electron chi connectivity index (χ2n) is 4.68. The van der Waals surface area contributed by atoms with Crippen LogP contribution in [-0.4, -0.2) is 28.9 Å². The number of thioether (sulfide) groups is 1. The minimum atomic E-state index is -0.0935. The minimum Gasteiger partial charge on any atom is -0.397 e. The standard InChI is InChI=1S/C14H19N3OS2/c1-4-9(7-19-3)17-13(18)12-11(15)10-6-5-8(2)16-14(10)20-12/h5-6,9H,4,7,15H2,1-3H3,(H,17,18). The van der Waals surface area contributed by atoms with Crippen molar-refractivity contribution in [2.24, 2.45) is 0 Å². The van der Waals surface area contributed by atoms with Crippen molar-refractivity contribution in [2.45, 2.75) is 26.3 Å². The number of nitrogens with two attached hydrogens (primary N) is 1. The van der Waals surface area contributed by atoms with Crippen molar-refractivity contribution in [1.29, 1.82) is 0 Å². The Kier molecular flexibility index (Phi) is 4.88. The fourth-order valence-electron chi connectivity index (χ4n) is 1.97. The molecule has 0 saturated carbocycles. The van der Waals surface area contributed by atoms with Gasteiger partial charge in [0.15, 0.2) is 0 Å². The van der Waals surface area contributed by atoms with Gasteiger partial charge in [0.1, 0.15) is 9.71 Å². The zero-order valence-corrected chi connectivity index (χ0v) is 13.5. The Labute approximate surface area is 127 Å². The molecule has 0 aliphatic rings. The van der Waals surface area contributed by atoms with E-state index in [9.17, 15) is 4.79 Å². The number of rotatable bonds is 5. The molecule has 1 amide bonds. The first-order valence-electron chi connectivity index (χ1n) is 6.52. The lowest BCUT2D eigenvalue weighted by Gasteiger charge is -2.15. The van der Waals surface area contributed by atoms with Gasteiger partial charge < -0.3 is 11.1 Å². The van der Waals surface area contributed by atoms with E-state index in [1.54, 1.807) is 11.8 Å². The van der Waals surface area contributed by atoms with Gasteiger partial charge in [-0.3, -0.25) is 4.79 Å². The first-order valence-corrected chi connectivity index (χ1v) is 8.73. The molecule has 2 aromatic rings. The Hall–Kier alpha value is -1.27. The van der Waals surface area contributed by atoms with Crippen molar-refractivity contribution in [3.05, 3.63) is 22.7 Å². The van der Waals surface area contributed by atoms with Crippen LogP contribution < -0.4 is 11.1 Å². The quantitative estimate of drug-likeness (QED) is 0.890. The molecule has 1 unspecified atom stereocenters. The molecule has 0 spiro atoms. The van der Waals surface area contributed by atoms with E-state index < -0.39 is 0 Å². The zero-order chi connectivity index (χ0) is 14.7. The van der Waals surface area contributed by atoms with E-state index in [0.29, 0.717) is 10.6 Å². The van der Waals surface area contributed by atoms with Gasteiger partial charge in [0, 0.05) is 22.9 Å². The Morgan fingerprint density at radius 2 is 2.30 bits per heavy atom. The van der Waals surface area contributed by atoms with Gasteiger partial charge in [0.05, 0.1) is 5.69 Å². The van der Waals surface area contributed by atoms with Crippen molar-refractivity contribution >= 4 is 44.9 Å². The number of hydrogen-bond donors (Lipinski definition) is 2. The number of fused-ring (bicyclic) bond motifs is 1. The topological polar surface area (TPSA) is 68.0 Å². The van der Waals surface area contributed by atoms with Crippen molar-refractivity contribution in [1.82, 2.24) is 10.3 Å². The third kappa shape index (κ3) is 3.07. The van der Waals surface area contributed by atoms with Crippen LogP contribution >= 0.6 is 23.1 Å². The lowest BCUT2D eigenvalue weighted by Crippen LogP contribution is -2.36. The van der Waals surface area contributed by atoms with Crippen LogP contribution in [0.3, 0.4) is 0 Å². The smallest absolute Gasteiger partial charge is 0.263 e. The number of thiophene rings is 1. The average molecular weight is 309 g/mol. The zero-order valence-electron chi connectivity index (χ0n) is 11.9. The second-order valence-corrected chi connectivity index (χ2v) is 6.59. The lowest BCUT2D eigenvalue weighted by atomic mass is 10.2. The highest BCUT2D eigenvalue weighted by Gasteiger charge is 2.19. The molecule has 6 heteroatoms. The highest BCUT2D eigenvalue weighted by atomic mass is 32.2. The summed E-state index contributed by atoms with van der Waals surface area (Å²) >= 11 is 3.09. The molecule has 0 saturated heterocycles. The van der Waals surface area contributed by atoms with Crippen LogP contribution in [0.25, 0.3) is 10.2 Å². The maximum Gasteiger partial charge on any atom is 0.263 e. The fraction of sp³-hybridized carbons (Fsp3) is 0.429. The number of anilines is 1. The van der Waals surface area contributed by atoms with Gasteiger partial charge in [0.25, 0.3) is 5.91 Å². The van der Waals surface area contributed by atoms with Gasteiger partial charge in [-0.15, -0.1) is 11.3 Å².